The van der Waals surface area contributed by atoms with Gasteiger partial charge in [-0.25, -0.2) is 0 Å². The molecule has 0 unspecified atom stereocenters. The number of fused-ring (bicyclic) bond motifs is 12. The number of rotatable bonds is 12. The second-order valence-electron chi connectivity index (χ2n) is 28.7. The standard InChI is InChI=1S/4C18H27NO3/c4*1-11(2)6-13-10-19-5-4-12-7-17(21)18(22-3)8-14(12)15(19)9-16(13)20/h4*7-8,11,13,15-16,20-21H,4-6,9-10H2,1-3H3/t2*13-,15-,16+;2*13-,15-,16-/m1010/s1. The Morgan fingerprint density at radius 3 is 0.705 bits per heavy atom. The quantitative estimate of drug-likeness (QED) is 0.0663. The summed E-state index contributed by atoms with van der Waals surface area (Å²) < 4.78 is 21.0. The molecule has 8 N–H and O–H groups in total. The number of hydrogen-bond acceptors (Lipinski definition) is 16. The van der Waals surface area contributed by atoms with E-state index in [1.165, 1.54) is 44.5 Å². The highest BCUT2D eigenvalue weighted by atomic mass is 16.5. The number of benzene rings is 4. The van der Waals surface area contributed by atoms with E-state index in [0.29, 0.717) is 70.3 Å². The molecule has 0 saturated carbocycles. The van der Waals surface area contributed by atoms with Crippen LogP contribution >= 0.6 is 0 Å². The first kappa shape index (κ1) is 67.4. The lowest BCUT2D eigenvalue weighted by Gasteiger charge is -2.46. The van der Waals surface area contributed by atoms with Gasteiger partial charge in [0.2, 0.25) is 0 Å². The number of aliphatic hydroxyl groups is 4. The lowest BCUT2D eigenvalue weighted by Crippen LogP contribution is -2.48. The van der Waals surface area contributed by atoms with Gasteiger partial charge in [-0.3, -0.25) is 19.6 Å². The van der Waals surface area contributed by atoms with Crippen LogP contribution in [0.5, 0.6) is 46.0 Å². The molecule has 488 valence electrons. The van der Waals surface area contributed by atoms with Gasteiger partial charge in [-0.2, -0.15) is 0 Å². The summed E-state index contributed by atoms with van der Waals surface area (Å²) in [6.07, 6.45) is 10.3. The van der Waals surface area contributed by atoms with Crippen LogP contribution in [0.1, 0.15) is 175 Å². The van der Waals surface area contributed by atoms with Crippen molar-refractivity contribution in [1.82, 2.24) is 19.6 Å². The van der Waals surface area contributed by atoms with E-state index in [2.05, 4.69) is 75.0 Å². The van der Waals surface area contributed by atoms with Crippen molar-refractivity contribution in [3.05, 3.63) is 93.0 Å². The monoisotopic (exact) mass is 1220 g/mol. The second kappa shape index (κ2) is 29.5. The first-order valence-corrected chi connectivity index (χ1v) is 33.2. The van der Waals surface area contributed by atoms with Crippen LogP contribution in [0, 0.1) is 47.3 Å². The van der Waals surface area contributed by atoms with Crippen LogP contribution in [0.25, 0.3) is 0 Å². The van der Waals surface area contributed by atoms with E-state index in [0.717, 1.165) is 129 Å². The van der Waals surface area contributed by atoms with Crippen molar-refractivity contribution in [2.75, 3.05) is 80.8 Å². The highest BCUT2D eigenvalue weighted by molar-refractivity contribution is 5.52. The van der Waals surface area contributed by atoms with E-state index >= 15 is 0 Å². The summed E-state index contributed by atoms with van der Waals surface area (Å²) in [6, 6.07) is 16.1. The number of phenolic OH excluding ortho intramolecular Hbond substituents is 4. The minimum absolute atomic E-state index is 0.212. The van der Waals surface area contributed by atoms with E-state index in [-0.39, 0.29) is 71.6 Å². The molecule has 12 rings (SSSR count). The number of aromatic hydroxyl groups is 4. The third-order valence-electron chi connectivity index (χ3n) is 20.6. The summed E-state index contributed by atoms with van der Waals surface area (Å²) >= 11 is 0. The second-order valence-corrected chi connectivity index (χ2v) is 28.7. The Kier molecular flexibility index (Phi) is 22.6. The van der Waals surface area contributed by atoms with Crippen molar-refractivity contribution in [2.45, 2.75) is 181 Å². The summed E-state index contributed by atoms with van der Waals surface area (Å²) in [5, 5.41) is 82.1. The van der Waals surface area contributed by atoms with Gasteiger partial charge in [0.25, 0.3) is 0 Å². The largest absolute Gasteiger partial charge is 0.504 e. The fraction of sp³-hybridized carbons (Fsp3) is 0.667. The van der Waals surface area contributed by atoms with Crippen LogP contribution in [0.3, 0.4) is 0 Å². The van der Waals surface area contributed by atoms with Gasteiger partial charge in [0, 0.05) is 76.5 Å². The number of hydrogen-bond donors (Lipinski definition) is 8. The Labute approximate surface area is 525 Å². The van der Waals surface area contributed by atoms with Crippen molar-refractivity contribution in [3.63, 3.8) is 0 Å². The molecule has 88 heavy (non-hydrogen) atoms. The molecule has 16 nitrogen and oxygen atoms in total. The molecule has 0 spiro atoms. The van der Waals surface area contributed by atoms with Gasteiger partial charge in [0.1, 0.15) is 0 Å². The highest BCUT2D eigenvalue weighted by Crippen LogP contribution is 2.48. The van der Waals surface area contributed by atoms with Crippen molar-refractivity contribution in [2.24, 2.45) is 47.3 Å². The van der Waals surface area contributed by atoms with E-state index in [4.69, 9.17) is 18.9 Å². The molecule has 4 fully saturated rings. The van der Waals surface area contributed by atoms with Crippen molar-refractivity contribution >= 4 is 0 Å². The van der Waals surface area contributed by atoms with Crippen LogP contribution < -0.4 is 18.9 Å². The van der Waals surface area contributed by atoms with Gasteiger partial charge in [0.05, 0.1) is 52.9 Å². The lowest BCUT2D eigenvalue weighted by molar-refractivity contribution is -0.0192. The summed E-state index contributed by atoms with van der Waals surface area (Å²) in [4.78, 5) is 9.99. The Hall–Kier alpha value is -5.04. The molecule has 16 heteroatoms. The van der Waals surface area contributed by atoms with Crippen LogP contribution in [0.4, 0.5) is 0 Å². The van der Waals surface area contributed by atoms with Crippen molar-refractivity contribution < 1.29 is 59.8 Å². The molecule has 0 amide bonds. The molecule has 8 aliphatic heterocycles. The first-order valence-electron chi connectivity index (χ1n) is 33.2. The van der Waals surface area contributed by atoms with Gasteiger partial charge in [-0.05, 0) is 217 Å². The normalized spacial score (nSPS) is 28.3. The Morgan fingerprint density at radius 1 is 0.341 bits per heavy atom. The minimum Gasteiger partial charge on any atom is -0.504 e. The summed E-state index contributed by atoms with van der Waals surface area (Å²) in [5.41, 5.74) is 9.60. The molecular formula is C72H108N4O12. The number of piperidine rings is 4. The van der Waals surface area contributed by atoms with Crippen LogP contribution in [-0.4, -0.2) is 166 Å². The van der Waals surface area contributed by atoms with E-state index in [1.54, 1.807) is 28.4 Å². The average Bonchev–Trinajstić information content (AvgIpc) is 2.47. The predicted octanol–water partition coefficient (Wildman–Crippen LogP) is 10.9. The van der Waals surface area contributed by atoms with Gasteiger partial charge in [-0.1, -0.05) is 55.4 Å². The zero-order valence-electron chi connectivity index (χ0n) is 55.0. The van der Waals surface area contributed by atoms with E-state index in [9.17, 15) is 40.9 Å². The predicted molar refractivity (Wildman–Crippen MR) is 345 cm³/mol. The molecule has 4 saturated heterocycles. The maximum atomic E-state index is 10.6. The zero-order chi connectivity index (χ0) is 63.4. The summed E-state index contributed by atoms with van der Waals surface area (Å²) in [7, 11) is 6.32. The molecule has 8 heterocycles. The van der Waals surface area contributed by atoms with Gasteiger partial charge in [0.15, 0.2) is 46.0 Å². The molecule has 4 aromatic carbocycles. The SMILES string of the molecule is COc1cc2c(cc1O)CCN1C[C@@H](CC(C)C)[C@@H](O)C[C@H]21.COc1cc2c(cc1O)CCN1C[C@@H](CC(C)C)[C@H](O)C[C@H]21.COc1cc2c(cc1O)CCN1C[C@H](CC(C)C)[C@@H](O)C[C@@H]21.COc1cc2c(cc1O)CCN1C[C@H](CC(C)C)[C@H](O)C[C@@H]21. The molecule has 0 bridgehead atoms. The average molecular weight is 1220 g/mol. The number of phenols is 4. The molecule has 0 radical (unpaired) electrons. The number of aliphatic hydroxyl groups excluding tert-OH is 4. The lowest BCUT2D eigenvalue weighted by atomic mass is 9.79. The summed E-state index contributed by atoms with van der Waals surface area (Å²) in [5.74, 6) is 6.91. The first-order chi connectivity index (χ1) is 42.0. The molecular weight excluding hydrogens is 1110 g/mol. The molecule has 0 aliphatic carbocycles. The summed E-state index contributed by atoms with van der Waals surface area (Å²) in [6.45, 7) is 25.6. The molecule has 8 aliphatic rings. The fourth-order valence-electron chi connectivity index (χ4n) is 16.4. The minimum atomic E-state index is -0.241. The number of ether oxygens (including phenoxy) is 4. The maximum Gasteiger partial charge on any atom is 0.160 e. The smallest absolute Gasteiger partial charge is 0.160 e. The van der Waals surface area contributed by atoms with Gasteiger partial charge < -0.3 is 59.8 Å². The van der Waals surface area contributed by atoms with Crippen molar-refractivity contribution in [1.29, 1.82) is 0 Å². The third-order valence-corrected chi connectivity index (χ3v) is 20.6. The maximum absolute atomic E-state index is 10.6. The third kappa shape index (κ3) is 15.5. The number of nitrogens with zero attached hydrogens (tertiary/aromatic N) is 4. The van der Waals surface area contributed by atoms with Crippen LogP contribution in [-0.2, 0) is 25.7 Å². The Bertz CT molecular complexity index is 2560. The Morgan fingerprint density at radius 2 is 0.534 bits per heavy atom. The van der Waals surface area contributed by atoms with Gasteiger partial charge >= 0.3 is 0 Å². The zero-order valence-corrected chi connectivity index (χ0v) is 55.0. The van der Waals surface area contributed by atoms with Crippen LogP contribution in [0.2, 0.25) is 0 Å². The highest BCUT2D eigenvalue weighted by Gasteiger charge is 2.43. The fourth-order valence-corrected chi connectivity index (χ4v) is 16.4. The molecule has 12 atom stereocenters. The number of methoxy groups -OCH3 is 4. The molecule has 0 aromatic heterocycles. The van der Waals surface area contributed by atoms with E-state index < -0.39 is 0 Å². The Balaban J connectivity index is 0.000000140. The van der Waals surface area contributed by atoms with Gasteiger partial charge in [-0.15, -0.1) is 0 Å². The topological polar surface area (TPSA) is 212 Å². The molecule has 4 aromatic rings. The van der Waals surface area contributed by atoms with Crippen molar-refractivity contribution in [3.8, 4) is 46.0 Å². The van der Waals surface area contributed by atoms with Crippen LogP contribution in [0.15, 0.2) is 48.5 Å². The van der Waals surface area contributed by atoms with E-state index in [1.807, 2.05) is 48.5 Å².